The second kappa shape index (κ2) is 5.91. The van der Waals surface area contributed by atoms with Crippen molar-refractivity contribution in [1.82, 2.24) is 15.4 Å². The van der Waals surface area contributed by atoms with Crippen LogP contribution in [0.2, 0.25) is 0 Å². The summed E-state index contributed by atoms with van der Waals surface area (Å²) in [6, 6.07) is 5.41. The maximum Gasteiger partial charge on any atom is 0.242 e. The van der Waals surface area contributed by atoms with E-state index in [9.17, 15) is 13.6 Å². The predicted octanol–water partition coefficient (Wildman–Crippen LogP) is 2.62. The number of hydrogen-bond donors (Lipinski definition) is 2. The molecule has 1 aliphatic rings. The first-order valence-corrected chi connectivity index (χ1v) is 7.28. The third-order valence-electron chi connectivity index (χ3n) is 3.78. The van der Waals surface area contributed by atoms with Gasteiger partial charge >= 0.3 is 0 Å². The molecule has 1 fully saturated rings. The lowest BCUT2D eigenvalue weighted by molar-refractivity contribution is -0.121. The van der Waals surface area contributed by atoms with Crippen molar-refractivity contribution in [2.75, 3.05) is 5.43 Å². The molecule has 0 unspecified atom stereocenters. The van der Waals surface area contributed by atoms with Gasteiger partial charge in [-0.05, 0) is 32.4 Å². The van der Waals surface area contributed by atoms with Gasteiger partial charge in [0.15, 0.2) is 0 Å². The minimum atomic E-state index is -0.611. The number of aromatic nitrogens is 2. The molecule has 1 saturated carbocycles. The van der Waals surface area contributed by atoms with E-state index in [0.717, 1.165) is 5.69 Å². The molecular formula is C16H16F2N4O. The molecule has 2 N–H and O–H groups in total. The van der Waals surface area contributed by atoms with E-state index in [4.69, 9.17) is 0 Å². The van der Waals surface area contributed by atoms with E-state index in [1.807, 2.05) is 6.92 Å². The molecule has 2 aromatic rings. The summed E-state index contributed by atoms with van der Waals surface area (Å²) >= 11 is 0. The number of amides is 1. The van der Waals surface area contributed by atoms with Crippen LogP contribution in [0.3, 0.4) is 0 Å². The first-order chi connectivity index (χ1) is 11.0. The molecule has 23 heavy (non-hydrogen) atoms. The molecule has 7 heteroatoms. The number of hydrazine groups is 1. The molecule has 0 bridgehead atoms. The van der Waals surface area contributed by atoms with Gasteiger partial charge in [-0.2, -0.15) is 0 Å². The Balaban J connectivity index is 1.62. The van der Waals surface area contributed by atoms with E-state index in [0.29, 0.717) is 18.1 Å². The Bertz CT molecular complexity index is 725. The number of carbonyl (C=O) groups is 1. The molecule has 3 rings (SSSR count). The zero-order valence-corrected chi connectivity index (χ0v) is 12.7. The smallest absolute Gasteiger partial charge is 0.242 e. The Morgan fingerprint density at radius 2 is 1.91 bits per heavy atom. The number of benzene rings is 1. The molecule has 0 aliphatic heterocycles. The van der Waals surface area contributed by atoms with Crippen molar-refractivity contribution in [3.63, 3.8) is 0 Å². The van der Waals surface area contributed by atoms with Crippen LogP contribution in [-0.2, 0) is 4.79 Å². The number of nitrogens with one attached hydrogen (secondary N) is 2. The van der Waals surface area contributed by atoms with E-state index in [1.54, 1.807) is 13.0 Å². The van der Waals surface area contributed by atoms with Gasteiger partial charge in [-0.1, -0.05) is 6.07 Å². The number of rotatable bonds is 4. The molecule has 1 aromatic carbocycles. The summed E-state index contributed by atoms with van der Waals surface area (Å²) in [5.41, 5.74) is 6.00. The SMILES string of the molecule is Cc1cc(NNC(=O)[C@H]2C[C@@H]2c2c(F)cccc2F)nc(C)n1. The number of aryl methyl sites for hydroxylation is 2. The standard InChI is InChI=1S/C16H16F2N4O/c1-8-6-14(20-9(2)19-8)21-22-16(23)11-7-10(11)15-12(17)4-3-5-13(15)18/h3-6,10-11H,7H2,1-2H3,(H,22,23)(H,19,20,21)/t10-,11-/m0/s1. The molecule has 0 saturated heterocycles. The summed E-state index contributed by atoms with van der Waals surface area (Å²) < 4.78 is 27.4. The summed E-state index contributed by atoms with van der Waals surface area (Å²) in [5.74, 6) is -1.35. The van der Waals surface area contributed by atoms with Crippen molar-refractivity contribution in [1.29, 1.82) is 0 Å². The monoisotopic (exact) mass is 318 g/mol. The Morgan fingerprint density at radius 3 is 2.57 bits per heavy atom. The maximum absolute atomic E-state index is 13.7. The molecular weight excluding hydrogens is 302 g/mol. The Labute approximate surface area is 132 Å². The normalized spacial score (nSPS) is 19.3. The Kier molecular flexibility index (Phi) is 3.94. The van der Waals surface area contributed by atoms with Crippen molar-refractivity contribution in [3.8, 4) is 0 Å². The highest BCUT2D eigenvalue weighted by molar-refractivity contribution is 5.83. The first-order valence-electron chi connectivity index (χ1n) is 7.28. The van der Waals surface area contributed by atoms with Crippen molar-refractivity contribution in [3.05, 3.63) is 53.0 Å². The lowest BCUT2D eigenvalue weighted by Crippen LogP contribution is -2.31. The number of halogens is 2. The summed E-state index contributed by atoms with van der Waals surface area (Å²) in [4.78, 5) is 20.4. The lowest BCUT2D eigenvalue weighted by atomic mass is 10.1. The number of anilines is 1. The molecule has 1 aliphatic carbocycles. The second-order valence-corrected chi connectivity index (χ2v) is 5.64. The van der Waals surface area contributed by atoms with E-state index < -0.39 is 23.5 Å². The minimum absolute atomic E-state index is 0.0126. The van der Waals surface area contributed by atoms with Crippen LogP contribution in [-0.4, -0.2) is 15.9 Å². The van der Waals surface area contributed by atoms with Crippen LogP contribution in [0.25, 0.3) is 0 Å². The number of carbonyl (C=O) groups excluding carboxylic acids is 1. The van der Waals surface area contributed by atoms with E-state index in [1.165, 1.54) is 18.2 Å². The maximum atomic E-state index is 13.7. The average molecular weight is 318 g/mol. The predicted molar refractivity (Wildman–Crippen MR) is 80.5 cm³/mol. The molecule has 5 nitrogen and oxygen atoms in total. The third kappa shape index (κ3) is 3.28. The molecule has 0 radical (unpaired) electrons. The fourth-order valence-electron chi connectivity index (χ4n) is 2.67. The quantitative estimate of drug-likeness (QED) is 0.851. The van der Waals surface area contributed by atoms with Crippen LogP contribution in [0.1, 0.15) is 29.4 Å². The van der Waals surface area contributed by atoms with Gasteiger partial charge < -0.3 is 0 Å². The van der Waals surface area contributed by atoms with Crippen LogP contribution >= 0.6 is 0 Å². The second-order valence-electron chi connectivity index (χ2n) is 5.64. The van der Waals surface area contributed by atoms with Gasteiger partial charge in [-0.25, -0.2) is 18.7 Å². The van der Waals surface area contributed by atoms with Crippen LogP contribution in [0.5, 0.6) is 0 Å². The molecule has 1 heterocycles. The summed E-state index contributed by atoms with van der Waals surface area (Å²) in [5, 5.41) is 0. The number of nitrogens with zero attached hydrogens (tertiary/aromatic N) is 2. The van der Waals surface area contributed by atoms with Crippen LogP contribution in [0.4, 0.5) is 14.6 Å². The molecule has 1 amide bonds. The zero-order valence-electron chi connectivity index (χ0n) is 12.7. The highest BCUT2D eigenvalue weighted by Gasteiger charge is 2.46. The van der Waals surface area contributed by atoms with Gasteiger partial charge in [0.05, 0.1) is 0 Å². The summed E-state index contributed by atoms with van der Waals surface area (Å²) in [6.07, 6.45) is 0.424. The number of hydrogen-bond acceptors (Lipinski definition) is 4. The lowest BCUT2D eigenvalue weighted by Gasteiger charge is -2.09. The molecule has 0 spiro atoms. The van der Waals surface area contributed by atoms with Gasteiger partial charge in [-0.3, -0.25) is 15.6 Å². The molecule has 1 aromatic heterocycles. The fourth-order valence-corrected chi connectivity index (χ4v) is 2.67. The molecule has 2 atom stereocenters. The largest absolute Gasteiger partial charge is 0.282 e. The van der Waals surface area contributed by atoms with Crippen molar-refractivity contribution in [2.45, 2.75) is 26.2 Å². The topological polar surface area (TPSA) is 66.9 Å². The summed E-state index contributed by atoms with van der Waals surface area (Å²) in [7, 11) is 0. The van der Waals surface area contributed by atoms with Crippen molar-refractivity contribution in [2.24, 2.45) is 5.92 Å². The van der Waals surface area contributed by atoms with Crippen LogP contribution in [0, 0.1) is 31.4 Å². The summed E-state index contributed by atoms with van der Waals surface area (Å²) in [6.45, 7) is 3.57. The third-order valence-corrected chi connectivity index (χ3v) is 3.78. The van der Waals surface area contributed by atoms with Gasteiger partial charge in [-0.15, -0.1) is 0 Å². The average Bonchev–Trinajstić information content (AvgIpc) is 3.24. The van der Waals surface area contributed by atoms with Crippen LogP contribution < -0.4 is 10.9 Å². The van der Waals surface area contributed by atoms with Gasteiger partial charge in [0, 0.05) is 29.2 Å². The van der Waals surface area contributed by atoms with Gasteiger partial charge in [0.1, 0.15) is 23.3 Å². The molecule has 120 valence electrons. The zero-order chi connectivity index (χ0) is 16.6. The highest BCUT2D eigenvalue weighted by atomic mass is 19.1. The van der Waals surface area contributed by atoms with Crippen molar-refractivity contribution < 1.29 is 13.6 Å². The van der Waals surface area contributed by atoms with Gasteiger partial charge in [0.25, 0.3) is 0 Å². The Morgan fingerprint density at radius 1 is 1.22 bits per heavy atom. The van der Waals surface area contributed by atoms with Gasteiger partial charge in [0.2, 0.25) is 5.91 Å². The van der Waals surface area contributed by atoms with Crippen molar-refractivity contribution >= 4 is 11.7 Å². The fraction of sp³-hybridized carbons (Fsp3) is 0.312. The minimum Gasteiger partial charge on any atom is -0.282 e. The van der Waals surface area contributed by atoms with E-state index >= 15 is 0 Å². The van der Waals surface area contributed by atoms with Crippen LogP contribution in [0.15, 0.2) is 24.3 Å². The Hall–Kier alpha value is -2.57. The van der Waals surface area contributed by atoms with E-state index in [2.05, 4.69) is 20.8 Å². The highest BCUT2D eigenvalue weighted by Crippen LogP contribution is 2.49. The van der Waals surface area contributed by atoms with E-state index in [-0.39, 0.29) is 11.5 Å². The first kappa shape index (κ1) is 15.3.